The first kappa shape index (κ1) is 11.3. The van der Waals surface area contributed by atoms with Crippen molar-refractivity contribution in [3.63, 3.8) is 0 Å². The molecule has 0 N–H and O–H groups in total. The van der Waals surface area contributed by atoms with Crippen LogP contribution in [0.3, 0.4) is 0 Å². The normalized spacial score (nSPS) is 29.4. The summed E-state index contributed by atoms with van der Waals surface area (Å²) in [5.74, 6) is 0. The Morgan fingerprint density at radius 1 is 1.31 bits per heavy atom. The molecule has 3 nitrogen and oxygen atoms in total. The van der Waals surface area contributed by atoms with E-state index in [1.54, 1.807) is 7.11 Å². The molecular weight excluding hydrogens is 188 g/mol. The monoisotopic (exact) mass is 206 g/mol. The zero-order valence-electron chi connectivity index (χ0n) is 8.32. The van der Waals surface area contributed by atoms with Gasteiger partial charge in [-0.2, -0.15) is 0 Å². The van der Waals surface area contributed by atoms with Crippen LogP contribution in [0.5, 0.6) is 0 Å². The molecule has 0 unspecified atom stereocenters. The molecule has 1 saturated carbocycles. The molecular formula is C9H18O3S. The third-order valence-electron chi connectivity index (χ3n) is 2.46. The molecule has 1 aliphatic carbocycles. The first-order valence-corrected chi connectivity index (χ1v) is 5.98. The third kappa shape index (κ3) is 3.46. The van der Waals surface area contributed by atoms with Crippen molar-refractivity contribution in [3.8, 4) is 0 Å². The van der Waals surface area contributed by atoms with E-state index in [9.17, 15) is 4.04 Å². The summed E-state index contributed by atoms with van der Waals surface area (Å²) in [6.45, 7) is 2.41. The average Bonchev–Trinajstić information content (AvgIpc) is 2.18. The van der Waals surface area contributed by atoms with Crippen LogP contribution in [0.2, 0.25) is 0 Å². The zero-order chi connectivity index (χ0) is 9.68. The Labute approximate surface area is 82.1 Å². The fourth-order valence-corrected chi connectivity index (χ4v) is 2.75. The Kier molecular flexibility index (Phi) is 5.09. The minimum absolute atomic E-state index is 0.228. The van der Waals surface area contributed by atoms with Gasteiger partial charge in [-0.3, -0.25) is 0 Å². The maximum atomic E-state index is 11.4. The van der Waals surface area contributed by atoms with E-state index in [0.29, 0.717) is 12.7 Å². The van der Waals surface area contributed by atoms with Crippen LogP contribution >= 0.6 is 0 Å². The fourth-order valence-electron chi connectivity index (χ4n) is 1.67. The molecule has 0 radical (unpaired) electrons. The van der Waals surface area contributed by atoms with E-state index in [4.69, 9.17) is 8.92 Å². The van der Waals surface area contributed by atoms with Crippen molar-refractivity contribution in [2.24, 2.45) is 0 Å². The number of hydrogen-bond donors (Lipinski definition) is 0. The number of rotatable bonds is 2. The summed E-state index contributed by atoms with van der Waals surface area (Å²) in [4.78, 5) is 0. The van der Waals surface area contributed by atoms with Crippen LogP contribution < -0.4 is 0 Å². The van der Waals surface area contributed by atoms with E-state index in [1.165, 1.54) is 0 Å². The first-order chi connectivity index (χ1) is 6.27. The van der Waals surface area contributed by atoms with E-state index in [1.807, 2.05) is 6.92 Å². The van der Waals surface area contributed by atoms with Crippen LogP contribution in [0, 0.1) is 0 Å². The quantitative estimate of drug-likeness (QED) is 0.511. The van der Waals surface area contributed by atoms with E-state index < -0.39 is 10.9 Å². The van der Waals surface area contributed by atoms with Crippen LogP contribution in [-0.4, -0.2) is 25.1 Å². The average molecular weight is 206 g/mol. The van der Waals surface area contributed by atoms with Crippen LogP contribution in [0.1, 0.15) is 32.6 Å². The molecule has 0 saturated heterocycles. The molecule has 78 valence electrons. The van der Waals surface area contributed by atoms with E-state index in [-0.39, 0.29) is 5.25 Å². The van der Waals surface area contributed by atoms with Gasteiger partial charge in [0.15, 0.2) is 0 Å². The molecule has 0 atom stereocenters. The van der Waals surface area contributed by atoms with Crippen LogP contribution in [0.4, 0.5) is 0 Å². The standard InChI is InChI=1S/C9H18O3S/c1-3-12-13(10)9-6-4-8(11-2)5-7-9/h8-9H,3-7H2,1-2H3. The summed E-state index contributed by atoms with van der Waals surface area (Å²) in [5.41, 5.74) is 0. The van der Waals surface area contributed by atoms with Crippen LogP contribution in [-0.2, 0) is 23.9 Å². The molecule has 13 heavy (non-hydrogen) atoms. The maximum absolute atomic E-state index is 11.4. The molecule has 0 aromatic heterocycles. The molecule has 1 rings (SSSR count). The Hall–Kier alpha value is 0.230. The van der Waals surface area contributed by atoms with Gasteiger partial charge >= 0.3 is 81.6 Å². The summed E-state index contributed by atoms with van der Waals surface area (Å²) in [5, 5.41) is 0.228. The van der Waals surface area contributed by atoms with Gasteiger partial charge in [0.05, 0.1) is 0 Å². The van der Waals surface area contributed by atoms with Crippen LogP contribution in [0.25, 0.3) is 0 Å². The summed E-state index contributed by atoms with van der Waals surface area (Å²) < 4.78 is 21.8. The van der Waals surface area contributed by atoms with Crippen molar-refractivity contribution in [2.45, 2.75) is 44.0 Å². The van der Waals surface area contributed by atoms with Gasteiger partial charge in [-0.05, 0) is 0 Å². The second-order valence-corrected chi connectivity index (χ2v) is 4.72. The summed E-state index contributed by atoms with van der Waals surface area (Å²) in [7, 11) is 0.662. The molecule has 0 spiro atoms. The van der Waals surface area contributed by atoms with Crippen molar-refractivity contribution >= 4 is 10.9 Å². The predicted octanol–water partition coefficient (Wildman–Crippen LogP) is 1.86. The summed E-state index contributed by atoms with van der Waals surface area (Å²) >= 11 is 0. The van der Waals surface area contributed by atoms with Crippen molar-refractivity contribution in [3.05, 3.63) is 0 Å². The molecule has 0 heterocycles. The summed E-state index contributed by atoms with van der Waals surface area (Å²) in [6.07, 6.45) is 4.32. The topological polar surface area (TPSA) is 38.4 Å². The Morgan fingerprint density at radius 2 is 1.92 bits per heavy atom. The molecule has 0 bridgehead atoms. The molecule has 0 amide bonds. The predicted molar refractivity (Wildman–Crippen MR) is 52.7 cm³/mol. The number of hydrogen-bond acceptors (Lipinski definition) is 3. The molecule has 4 heteroatoms. The van der Waals surface area contributed by atoms with Gasteiger partial charge < -0.3 is 0 Å². The van der Waals surface area contributed by atoms with E-state index in [2.05, 4.69) is 0 Å². The third-order valence-corrected chi connectivity index (χ3v) is 3.94. The molecule has 0 aliphatic heterocycles. The van der Waals surface area contributed by atoms with E-state index >= 15 is 0 Å². The molecule has 1 fully saturated rings. The van der Waals surface area contributed by atoms with Crippen molar-refractivity contribution in [1.29, 1.82) is 0 Å². The van der Waals surface area contributed by atoms with Crippen LogP contribution in [0.15, 0.2) is 0 Å². The molecule has 1 aliphatic rings. The number of methoxy groups -OCH3 is 1. The van der Waals surface area contributed by atoms with E-state index in [0.717, 1.165) is 25.7 Å². The van der Waals surface area contributed by atoms with Gasteiger partial charge in [-0.15, -0.1) is 0 Å². The second kappa shape index (κ2) is 5.86. The molecule has 0 aromatic carbocycles. The summed E-state index contributed by atoms with van der Waals surface area (Å²) in [6, 6.07) is 0. The van der Waals surface area contributed by atoms with Gasteiger partial charge in [0.1, 0.15) is 0 Å². The SMILES string of the molecule is CCO[S-](#[O+])C1CCC(OC)CC1. The first-order valence-electron chi connectivity index (χ1n) is 4.84. The van der Waals surface area contributed by atoms with Crippen molar-refractivity contribution < 1.29 is 13.0 Å². The second-order valence-electron chi connectivity index (χ2n) is 3.30. The van der Waals surface area contributed by atoms with Gasteiger partial charge in [0, 0.05) is 0 Å². The van der Waals surface area contributed by atoms with Gasteiger partial charge in [0.25, 0.3) is 0 Å². The Bertz CT molecular complexity index is 201. The minimum atomic E-state index is -1.08. The Morgan fingerprint density at radius 3 is 2.38 bits per heavy atom. The van der Waals surface area contributed by atoms with Crippen molar-refractivity contribution in [2.75, 3.05) is 13.7 Å². The number of ether oxygens (including phenoxy) is 1. The van der Waals surface area contributed by atoms with Gasteiger partial charge in [-0.1, -0.05) is 0 Å². The zero-order valence-corrected chi connectivity index (χ0v) is 9.14. The molecule has 0 aromatic rings. The van der Waals surface area contributed by atoms with Gasteiger partial charge in [0.2, 0.25) is 0 Å². The van der Waals surface area contributed by atoms with Gasteiger partial charge in [-0.25, -0.2) is 0 Å². The van der Waals surface area contributed by atoms with Crippen molar-refractivity contribution in [1.82, 2.24) is 0 Å². The Balaban J connectivity index is 2.29. The fraction of sp³-hybridized carbons (Fsp3) is 1.00.